The molecule has 34 heavy (non-hydrogen) atoms. The number of hydrogen-bond acceptors (Lipinski definition) is 0. The van der Waals surface area contributed by atoms with Crippen LogP contribution < -0.4 is 0 Å². The van der Waals surface area contributed by atoms with Gasteiger partial charge in [-0.1, -0.05) is 0 Å². The molecule has 0 aliphatic heterocycles. The third-order valence-electron chi connectivity index (χ3n) is 0. The Morgan fingerprint density at radius 3 is 0.147 bits per heavy atom. The molecule has 0 aliphatic carbocycles. The maximum atomic E-state index is 2.00. The van der Waals surface area contributed by atoms with Gasteiger partial charge in [0.1, 0.15) is 0 Å². The molecule has 0 nitrogen and oxygen atoms in total. The van der Waals surface area contributed by atoms with E-state index in [1.165, 1.54) is 0 Å². The van der Waals surface area contributed by atoms with Gasteiger partial charge < -0.3 is 12.8 Å². The zero-order chi connectivity index (χ0) is 5.41. The van der Waals surface area contributed by atoms with E-state index in [0.29, 0.717) is 0 Å². The molecule has 0 rings (SSSR count). The van der Waals surface area contributed by atoms with Crippen LogP contribution in [0.5, 0.6) is 0 Å². The first kappa shape index (κ1) is 218. The van der Waals surface area contributed by atoms with Gasteiger partial charge >= 0.3 is 0 Å². The van der Waals surface area contributed by atoms with Gasteiger partial charge in [0.2, 0.25) is 0 Å². The summed E-state index contributed by atoms with van der Waals surface area (Å²) in [5.74, 6) is 0. The predicted molar refractivity (Wildman–Crippen MR) is 31.3 cm³/mol. The van der Waals surface area contributed by atoms with Gasteiger partial charge in [-0.15, -0.1) is 0 Å². The minimum Gasteiger partial charge on any atom is -0.335 e. The van der Waals surface area contributed by atoms with Crippen molar-refractivity contribution in [1.29, 1.82) is 0 Å². The molecule has 0 aromatic carbocycles. The minimum absolute atomic E-state index is 0. The van der Waals surface area contributed by atoms with Gasteiger partial charge in [0.25, 0.3) is 0 Å². The molecule has 0 aliphatic rings. The SMILES string of the molecule is C[CH-]C.C[CH-]C.[Y].[Y].[Y].[Y].[Y].[Y].[Y].[Y].[Y].[Y].[Y].[Y].[Y].[Y].[Y].[Y].[Y].[Y].[Y].[Y].[Y].[Y].[Y].[Y].[Y].[Y].[Y].[Y]. The normalized spacial score (nSPS) is 1.06. The Bertz CT molecular complexity index is 24.9. The second-order valence-corrected chi connectivity index (χ2v) is 1.15. The van der Waals surface area contributed by atoms with Crippen LogP contribution in [-0.4, -0.2) is 0 Å². The van der Waals surface area contributed by atoms with Crippen LogP contribution in [0.4, 0.5) is 0 Å². The van der Waals surface area contributed by atoms with Crippen LogP contribution in [0.15, 0.2) is 0 Å². The molecule has 0 aromatic rings. The van der Waals surface area contributed by atoms with Crippen LogP contribution in [-0.2, 0) is 916 Å². The fourth-order valence-electron chi connectivity index (χ4n) is 0. The van der Waals surface area contributed by atoms with Gasteiger partial charge in [-0.05, 0) is 0 Å². The molecule has 0 aromatic heterocycles. The van der Waals surface area contributed by atoms with Crippen molar-refractivity contribution in [2.24, 2.45) is 0 Å². The van der Waals surface area contributed by atoms with E-state index in [9.17, 15) is 0 Å². The summed E-state index contributed by atoms with van der Waals surface area (Å²) in [4.78, 5) is 0. The van der Waals surface area contributed by atoms with Crippen molar-refractivity contribution in [2.45, 2.75) is 27.7 Å². The molecule has 28 radical (unpaired) electrons. The maximum Gasteiger partial charge on any atom is 0 e. The molecular weight excluding hydrogens is 2560 g/mol. The minimum atomic E-state index is 0. The summed E-state index contributed by atoms with van der Waals surface area (Å²) < 4.78 is 0. The van der Waals surface area contributed by atoms with Crippen molar-refractivity contribution >= 4 is 0 Å². The monoisotopic (exact) mass is 2580 g/mol. The van der Waals surface area contributed by atoms with E-state index in [1.54, 1.807) is 0 Å². The molecule has 0 amide bonds. The Balaban J connectivity index is -0.000000000184. The first-order valence-electron chi connectivity index (χ1n) is 2.31. The standard InChI is InChI=1S/2C3H7.28Y/c2*1-3-2;;;;;;;;;;;;;;;;;;;;;;;;;;;;/h2*3H,1-2H3;;;;;;;;;;;;;;;;;;;;;;;;;;;;/q2*-1;;;;;;;;;;;;;;;;;;;;;;;;;;;;. The largest absolute Gasteiger partial charge is 0.335 e. The van der Waals surface area contributed by atoms with Gasteiger partial charge in [-0.3, -0.25) is 0 Å². The Labute approximate surface area is 920 Å². The van der Waals surface area contributed by atoms with Crippen molar-refractivity contribution in [3.8, 4) is 0 Å². The van der Waals surface area contributed by atoms with E-state index in [4.69, 9.17) is 0 Å². The smallest absolute Gasteiger partial charge is 0 e. The Kier molecular flexibility index (Phi) is 1490. The molecule has 0 unspecified atom stereocenters. The van der Waals surface area contributed by atoms with Crippen LogP contribution >= 0.6 is 0 Å². The summed E-state index contributed by atoms with van der Waals surface area (Å²) in [5, 5.41) is 0. The summed E-state index contributed by atoms with van der Waals surface area (Å²) in [6, 6.07) is 0. The Hall–Kier alpha value is 30.9. The Morgan fingerprint density at radius 2 is 0.147 bits per heavy atom. The van der Waals surface area contributed by atoms with Gasteiger partial charge in [0, 0.05) is 916 Å². The summed E-state index contributed by atoms with van der Waals surface area (Å²) >= 11 is 0. The van der Waals surface area contributed by atoms with Crippen LogP contribution in [0.25, 0.3) is 0 Å². The van der Waals surface area contributed by atoms with Crippen molar-refractivity contribution < 1.29 is 916 Å². The summed E-state index contributed by atoms with van der Waals surface area (Å²) in [5.41, 5.74) is 0. The quantitative estimate of drug-likeness (QED) is 0.328. The molecule has 0 N–H and O–H groups in total. The third kappa shape index (κ3) is 252. The number of rotatable bonds is 0. The maximum absolute atomic E-state index is 2.00. The molecule has 0 fully saturated rings. The van der Waals surface area contributed by atoms with E-state index in [0.717, 1.165) is 0 Å². The summed E-state index contributed by atoms with van der Waals surface area (Å²) in [6.07, 6.45) is 4.00. The molecule has 0 saturated carbocycles. The first-order chi connectivity index (χ1) is 2.83. The van der Waals surface area contributed by atoms with Gasteiger partial charge in [0.05, 0.1) is 0 Å². The van der Waals surface area contributed by atoms with E-state index in [1.807, 2.05) is 40.5 Å². The average Bonchev–Trinajstić information content (AvgIpc) is 1.39. The fraction of sp³-hybridized carbons (Fsp3) is 0.667. The van der Waals surface area contributed by atoms with Crippen molar-refractivity contribution in [1.82, 2.24) is 0 Å². The topological polar surface area (TPSA) is 0 Å². The predicted octanol–water partition coefficient (Wildman–Crippen LogP) is 2.39. The van der Waals surface area contributed by atoms with E-state index in [2.05, 4.69) is 0 Å². The van der Waals surface area contributed by atoms with Gasteiger partial charge in [0.15, 0.2) is 0 Å². The molecule has 0 atom stereocenters. The fourth-order valence-corrected chi connectivity index (χ4v) is 0. The number of hydrogen-bond donors (Lipinski definition) is 0. The zero-order valence-electron chi connectivity index (χ0n) is 21.3. The molecule has 28 heteroatoms. The van der Waals surface area contributed by atoms with E-state index >= 15 is 0 Å². The molecule has 0 spiro atoms. The average molecular weight is 2580 g/mol. The van der Waals surface area contributed by atoms with Crippen LogP contribution in [0, 0.1) is 12.8 Å². The van der Waals surface area contributed by atoms with E-state index in [-0.39, 0.29) is 916 Å². The van der Waals surface area contributed by atoms with Gasteiger partial charge in [-0.25, -0.2) is 0 Å². The van der Waals surface area contributed by atoms with Crippen LogP contribution in [0.3, 0.4) is 0 Å². The molecule has 124 valence electrons. The first-order valence-corrected chi connectivity index (χ1v) is 2.31. The molecular formula is C6H14Y28-2. The van der Waals surface area contributed by atoms with Crippen LogP contribution in [0.1, 0.15) is 27.7 Å². The van der Waals surface area contributed by atoms with Crippen molar-refractivity contribution in [3.05, 3.63) is 12.8 Å². The Morgan fingerprint density at radius 1 is 0.147 bits per heavy atom. The summed E-state index contributed by atoms with van der Waals surface area (Å²) in [6.45, 7) is 8.00. The zero-order valence-corrected chi connectivity index (χ0v) is 101. The molecule has 0 heterocycles. The second kappa shape index (κ2) is 234. The van der Waals surface area contributed by atoms with Crippen molar-refractivity contribution in [3.63, 3.8) is 0 Å². The van der Waals surface area contributed by atoms with Gasteiger partial charge in [-0.2, -0.15) is 27.7 Å². The van der Waals surface area contributed by atoms with Crippen LogP contribution in [0.2, 0.25) is 0 Å². The summed E-state index contributed by atoms with van der Waals surface area (Å²) in [7, 11) is 0. The van der Waals surface area contributed by atoms with Crippen molar-refractivity contribution in [2.75, 3.05) is 0 Å². The molecule has 0 bridgehead atoms. The third-order valence-corrected chi connectivity index (χ3v) is 0. The second-order valence-electron chi connectivity index (χ2n) is 1.15. The molecule has 0 saturated heterocycles. The van der Waals surface area contributed by atoms with E-state index < -0.39 is 0 Å².